The quantitative estimate of drug-likeness (QED) is 0.877. The van der Waals surface area contributed by atoms with Crippen LogP contribution < -0.4 is 0 Å². The lowest BCUT2D eigenvalue weighted by Crippen LogP contribution is -1.89. The highest BCUT2D eigenvalue weighted by atomic mass is 35.5. The molecule has 0 atom stereocenters. The van der Waals surface area contributed by atoms with Crippen molar-refractivity contribution in [3.8, 4) is 0 Å². The van der Waals surface area contributed by atoms with Crippen LogP contribution in [0.15, 0.2) is 66.4 Å². The molecule has 1 aromatic heterocycles. The van der Waals surface area contributed by atoms with Crippen LogP contribution in [0, 0.1) is 0 Å². The van der Waals surface area contributed by atoms with Gasteiger partial charge in [-0.05, 0) is 41.7 Å². The van der Waals surface area contributed by atoms with Crippen LogP contribution in [0.1, 0.15) is 17.7 Å². The average molecular weight is 283 g/mol. The largest absolute Gasteiger partial charge is 0.278 e. The molecule has 2 nitrogen and oxygen atoms in total. The number of aromatic amines is 1. The summed E-state index contributed by atoms with van der Waals surface area (Å²) in [4.78, 5) is 0. The van der Waals surface area contributed by atoms with Crippen molar-refractivity contribution in [2.45, 2.75) is 12.8 Å². The average Bonchev–Trinajstić information content (AvgIpc) is 2.89. The first-order chi connectivity index (χ1) is 9.83. The number of rotatable bonds is 3. The summed E-state index contributed by atoms with van der Waals surface area (Å²) in [5.41, 5.74) is 4.76. The SMILES string of the molecule is Clc1ccccc1CC1=CCC(c2ccn[nH]2)=CC=C1. The molecule has 2 aromatic rings. The molecule has 0 spiro atoms. The third-order valence-electron chi connectivity index (χ3n) is 3.39. The van der Waals surface area contributed by atoms with Crippen LogP contribution >= 0.6 is 11.6 Å². The zero-order valence-corrected chi connectivity index (χ0v) is 11.8. The molecule has 1 N–H and O–H groups in total. The minimum absolute atomic E-state index is 0.827. The van der Waals surface area contributed by atoms with Crippen LogP contribution in [-0.2, 0) is 6.42 Å². The molecule has 0 aliphatic heterocycles. The van der Waals surface area contributed by atoms with Crippen molar-refractivity contribution in [2.24, 2.45) is 0 Å². The number of benzene rings is 1. The summed E-state index contributed by atoms with van der Waals surface area (Å²) in [6, 6.07) is 9.99. The minimum Gasteiger partial charge on any atom is -0.278 e. The fraction of sp³-hybridized carbons (Fsp3) is 0.118. The first kappa shape index (κ1) is 12.9. The van der Waals surface area contributed by atoms with Gasteiger partial charge < -0.3 is 0 Å². The molecule has 3 rings (SSSR count). The van der Waals surface area contributed by atoms with Gasteiger partial charge in [-0.25, -0.2) is 0 Å². The molecule has 1 aliphatic rings. The van der Waals surface area contributed by atoms with Crippen molar-refractivity contribution in [1.82, 2.24) is 10.2 Å². The Kier molecular flexibility index (Phi) is 3.84. The van der Waals surface area contributed by atoms with Crippen LogP contribution in [-0.4, -0.2) is 10.2 Å². The molecule has 0 amide bonds. The van der Waals surface area contributed by atoms with Gasteiger partial charge in [-0.1, -0.05) is 54.1 Å². The van der Waals surface area contributed by atoms with Gasteiger partial charge in [0.2, 0.25) is 0 Å². The molecule has 1 aliphatic carbocycles. The molecule has 0 fully saturated rings. The number of H-pyrrole nitrogens is 1. The monoisotopic (exact) mass is 282 g/mol. The standard InChI is InChI=1S/C17H15ClN2/c18-16-7-2-1-5-15(16)12-13-4-3-6-14(9-8-13)17-10-11-19-20-17/h1-8,10-11H,9,12H2,(H,19,20). The molecule has 1 aromatic carbocycles. The summed E-state index contributed by atoms with van der Waals surface area (Å²) in [5.74, 6) is 0. The summed E-state index contributed by atoms with van der Waals surface area (Å²) in [6.07, 6.45) is 12.1. The maximum Gasteiger partial charge on any atom is 0.0612 e. The van der Waals surface area contributed by atoms with E-state index < -0.39 is 0 Å². The van der Waals surface area contributed by atoms with Gasteiger partial charge in [0.1, 0.15) is 0 Å². The van der Waals surface area contributed by atoms with E-state index in [1.54, 1.807) is 6.20 Å². The maximum atomic E-state index is 6.22. The van der Waals surface area contributed by atoms with E-state index in [9.17, 15) is 0 Å². The Morgan fingerprint density at radius 3 is 2.90 bits per heavy atom. The first-order valence-electron chi connectivity index (χ1n) is 6.62. The lowest BCUT2D eigenvalue weighted by atomic mass is 10.0. The Balaban J connectivity index is 1.77. The third kappa shape index (κ3) is 2.91. The van der Waals surface area contributed by atoms with Crippen LogP contribution in [0.5, 0.6) is 0 Å². The number of nitrogens with one attached hydrogen (secondary N) is 1. The molecule has 100 valence electrons. The van der Waals surface area contributed by atoms with Gasteiger partial charge in [-0.2, -0.15) is 5.10 Å². The molecular weight excluding hydrogens is 268 g/mol. The van der Waals surface area contributed by atoms with Crippen molar-refractivity contribution < 1.29 is 0 Å². The van der Waals surface area contributed by atoms with Crippen molar-refractivity contribution in [1.29, 1.82) is 0 Å². The number of halogens is 1. The molecular formula is C17H15ClN2. The molecule has 3 heteroatoms. The molecule has 0 bridgehead atoms. The number of hydrogen-bond acceptors (Lipinski definition) is 1. The van der Waals surface area contributed by atoms with Crippen LogP contribution in [0.3, 0.4) is 0 Å². The fourth-order valence-electron chi connectivity index (χ4n) is 2.29. The lowest BCUT2D eigenvalue weighted by Gasteiger charge is -2.05. The van der Waals surface area contributed by atoms with Gasteiger partial charge in [0.15, 0.2) is 0 Å². The van der Waals surface area contributed by atoms with E-state index in [4.69, 9.17) is 11.6 Å². The normalized spacial score (nSPS) is 14.7. The summed E-state index contributed by atoms with van der Waals surface area (Å²) in [5, 5.41) is 7.83. The number of nitrogens with zero attached hydrogens (tertiary/aromatic N) is 1. The van der Waals surface area contributed by atoms with Crippen molar-refractivity contribution >= 4 is 17.2 Å². The van der Waals surface area contributed by atoms with Crippen molar-refractivity contribution in [3.05, 3.63) is 82.7 Å². The molecule has 0 radical (unpaired) electrons. The van der Waals surface area contributed by atoms with E-state index >= 15 is 0 Å². The summed E-state index contributed by atoms with van der Waals surface area (Å²) in [7, 11) is 0. The van der Waals surface area contributed by atoms with E-state index in [0.717, 1.165) is 29.1 Å². The van der Waals surface area contributed by atoms with Gasteiger partial charge >= 0.3 is 0 Å². The number of hydrogen-bond donors (Lipinski definition) is 1. The second-order valence-electron chi connectivity index (χ2n) is 4.77. The van der Waals surface area contributed by atoms with Crippen molar-refractivity contribution in [2.75, 3.05) is 0 Å². The molecule has 0 saturated carbocycles. The number of aromatic nitrogens is 2. The minimum atomic E-state index is 0.827. The molecule has 20 heavy (non-hydrogen) atoms. The van der Waals surface area contributed by atoms with Gasteiger partial charge in [0.05, 0.1) is 5.69 Å². The van der Waals surface area contributed by atoms with E-state index in [2.05, 4.69) is 40.6 Å². The summed E-state index contributed by atoms with van der Waals surface area (Å²) < 4.78 is 0. The van der Waals surface area contributed by atoms with E-state index in [1.165, 1.54) is 11.1 Å². The predicted molar refractivity (Wildman–Crippen MR) is 83.6 cm³/mol. The van der Waals surface area contributed by atoms with Gasteiger partial charge in [0, 0.05) is 11.2 Å². The van der Waals surface area contributed by atoms with Gasteiger partial charge in [-0.15, -0.1) is 0 Å². The van der Waals surface area contributed by atoms with Crippen LogP contribution in [0.2, 0.25) is 5.02 Å². The first-order valence-corrected chi connectivity index (χ1v) is 7.00. The zero-order chi connectivity index (χ0) is 13.8. The fourth-order valence-corrected chi connectivity index (χ4v) is 2.49. The maximum absolute atomic E-state index is 6.22. The van der Waals surface area contributed by atoms with E-state index in [-0.39, 0.29) is 0 Å². The smallest absolute Gasteiger partial charge is 0.0612 e. The van der Waals surface area contributed by atoms with Gasteiger partial charge in [-0.3, -0.25) is 5.10 Å². The third-order valence-corrected chi connectivity index (χ3v) is 3.76. The second-order valence-corrected chi connectivity index (χ2v) is 5.18. The molecule has 0 unspecified atom stereocenters. The van der Waals surface area contributed by atoms with Crippen LogP contribution in [0.4, 0.5) is 0 Å². The number of allylic oxidation sites excluding steroid dienone is 6. The highest BCUT2D eigenvalue weighted by molar-refractivity contribution is 6.31. The summed E-state index contributed by atoms with van der Waals surface area (Å²) >= 11 is 6.22. The lowest BCUT2D eigenvalue weighted by molar-refractivity contribution is 1.07. The van der Waals surface area contributed by atoms with Crippen LogP contribution in [0.25, 0.3) is 5.57 Å². The Morgan fingerprint density at radius 2 is 2.10 bits per heavy atom. The Labute approximate surface area is 123 Å². The van der Waals surface area contributed by atoms with Crippen molar-refractivity contribution in [3.63, 3.8) is 0 Å². The second kappa shape index (κ2) is 5.93. The zero-order valence-electron chi connectivity index (χ0n) is 11.0. The van der Waals surface area contributed by atoms with E-state index in [1.807, 2.05) is 24.3 Å². The van der Waals surface area contributed by atoms with Gasteiger partial charge in [0.25, 0.3) is 0 Å². The highest BCUT2D eigenvalue weighted by Gasteiger charge is 2.06. The highest BCUT2D eigenvalue weighted by Crippen LogP contribution is 2.24. The Morgan fingerprint density at radius 1 is 1.20 bits per heavy atom. The molecule has 0 saturated heterocycles. The topological polar surface area (TPSA) is 28.7 Å². The molecule has 1 heterocycles. The Hall–Kier alpha value is -2.06. The summed E-state index contributed by atoms with van der Waals surface area (Å²) in [6.45, 7) is 0. The Bertz CT molecular complexity index is 679. The van der Waals surface area contributed by atoms with E-state index in [0.29, 0.717) is 0 Å². The predicted octanol–water partition coefficient (Wildman–Crippen LogP) is 4.58.